The molecule has 0 aliphatic carbocycles. The number of rotatable bonds is 8. The minimum Gasteiger partial charge on any atom is -0.451 e. The van der Waals surface area contributed by atoms with Crippen molar-refractivity contribution in [3.05, 3.63) is 59.4 Å². The van der Waals surface area contributed by atoms with Gasteiger partial charge in [-0.3, -0.25) is 9.59 Å². The lowest BCUT2D eigenvalue weighted by molar-refractivity contribution is -0.139. The maximum Gasteiger partial charge on any atom is 0.357 e. The fourth-order valence-electron chi connectivity index (χ4n) is 2.71. The van der Waals surface area contributed by atoms with Crippen LogP contribution in [-0.4, -0.2) is 46.9 Å². The van der Waals surface area contributed by atoms with Crippen LogP contribution in [-0.2, 0) is 14.3 Å². The zero-order valence-corrected chi connectivity index (χ0v) is 17.3. The van der Waals surface area contributed by atoms with Gasteiger partial charge in [0.25, 0.3) is 5.91 Å². The van der Waals surface area contributed by atoms with Gasteiger partial charge >= 0.3 is 5.97 Å². The first-order chi connectivity index (χ1) is 13.8. The van der Waals surface area contributed by atoms with Crippen molar-refractivity contribution in [2.24, 2.45) is 0 Å². The second kappa shape index (κ2) is 10.4. The van der Waals surface area contributed by atoms with E-state index in [-0.39, 0.29) is 24.2 Å². The van der Waals surface area contributed by atoms with Gasteiger partial charge in [0.05, 0.1) is 0 Å². The fourth-order valence-corrected chi connectivity index (χ4v) is 2.71. The van der Waals surface area contributed by atoms with Crippen molar-refractivity contribution >= 4 is 23.5 Å². The Morgan fingerprint density at radius 3 is 2.55 bits per heavy atom. The molecule has 2 aromatic rings. The summed E-state index contributed by atoms with van der Waals surface area (Å²) in [4.78, 5) is 42.5. The molecule has 0 unspecified atom stereocenters. The third-order valence-electron chi connectivity index (χ3n) is 4.84. The Morgan fingerprint density at radius 1 is 1.14 bits per heavy atom. The molecule has 0 radical (unpaired) electrons. The van der Waals surface area contributed by atoms with E-state index in [4.69, 9.17) is 4.74 Å². The van der Waals surface area contributed by atoms with Crippen LogP contribution >= 0.6 is 0 Å². The van der Waals surface area contributed by atoms with Crippen molar-refractivity contribution in [1.82, 2.24) is 9.88 Å². The van der Waals surface area contributed by atoms with E-state index in [9.17, 15) is 14.4 Å². The Morgan fingerprint density at radius 2 is 1.90 bits per heavy atom. The number of aryl methyl sites for hydroxylation is 1. The van der Waals surface area contributed by atoms with Gasteiger partial charge in [-0.05, 0) is 56.5 Å². The smallest absolute Gasteiger partial charge is 0.357 e. The van der Waals surface area contributed by atoms with Crippen LogP contribution < -0.4 is 5.32 Å². The minimum absolute atomic E-state index is 0.123. The molecule has 0 bridgehead atoms. The van der Waals surface area contributed by atoms with Crippen LogP contribution in [0.15, 0.2) is 42.6 Å². The van der Waals surface area contributed by atoms with Gasteiger partial charge in [-0.2, -0.15) is 0 Å². The summed E-state index contributed by atoms with van der Waals surface area (Å²) in [5, 5.41) is 2.86. The predicted octanol–water partition coefficient (Wildman–Crippen LogP) is 3.12. The molecule has 0 spiro atoms. The Kier molecular flexibility index (Phi) is 7.88. The Labute approximate surface area is 171 Å². The number of nitrogens with one attached hydrogen (secondary N) is 1. The molecule has 0 aliphatic heterocycles. The summed E-state index contributed by atoms with van der Waals surface area (Å²) in [7, 11) is 0. The molecule has 1 atom stereocenters. The SMILES string of the molecule is CC[C@@H](C)N(CC(=O)Nc1cccc(C)c1C)C(=O)COC(=O)c1ccccn1. The van der Waals surface area contributed by atoms with Crippen molar-refractivity contribution in [2.75, 3.05) is 18.5 Å². The number of aromatic nitrogens is 1. The first kappa shape index (κ1) is 22.1. The molecule has 1 aromatic heterocycles. The number of nitrogens with zero attached hydrogens (tertiary/aromatic N) is 2. The molecular weight excluding hydrogens is 370 g/mol. The molecule has 7 heteroatoms. The van der Waals surface area contributed by atoms with Crippen LogP contribution in [0, 0.1) is 13.8 Å². The number of hydrogen-bond donors (Lipinski definition) is 1. The molecule has 1 aromatic carbocycles. The zero-order valence-electron chi connectivity index (χ0n) is 17.3. The van der Waals surface area contributed by atoms with E-state index >= 15 is 0 Å². The average Bonchev–Trinajstić information content (AvgIpc) is 2.73. The number of carbonyl (C=O) groups is 3. The first-order valence-electron chi connectivity index (χ1n) is 9.57. The van der Waals surface area contributed by atoms with Crippen LogP contribution in [0.1, 0.15) is 41.9 Å². The zero-order chi connectivity index (χ0) is 21.4. The van der Waals surface area contributed by atoms with Crippen LogP contribution in [0.5, 0.6) is 0 Å². The molecule has 7 nitrogen and oxygen atoms in total. The maximum atomic E-state index is 12.6. The molecule has 0 fully saturated rings. The van der Waals surface area contributed by atoms with Crippen molar-refractivity contribution < 1.29 is 19.1 Å². The van der Waals surface area contributed by atoms with Crippen LogP contribution in [0.25, 0.3) is 0 Å². The number of hydrogen-bond acceptors (Lipinski definition) is 5. The monoisotopic (exact) mass is 397 g/mol. The summed E-state index contributed by atoms with van der Waals surface area (Å²) in [6, 6.07) is 10.3. The van der Waals surface area contributed by atoms with Gasteiger partial charge in [-0.15, -0.1) is 0 Å². The van der Waals surface area contributed by atoms with Gasteiger partial charge in [0.15, 0.2) is 6.61 Å². The lowest BCUT2D eigenvalue weighted by Gasteiger charge is -2.28. The minimum atomic E-state index is -0.678. The number of esters is 1. The van der Waals surface area contributed by atoms with Gasteiger partial charge in [0.1, 0.15) is 12.2 Å². The Balaban J connectivity index is 2.00. The van der Waals surface area contributed by atoms with Crippen molar-refractivity contribution in [3.8, 4) is 0 Å². The van der Waals surface area contributed by atoms with Crippen molar-refractivity contribution in [3.63, 3.8) is 0 Å². The molecule has 0 saturated carbocycles. The second-order valence-corrected chi connectivity index (χ2v) is 6.87. The van der Waals surface area contributed by atoms with Crippen LogP contribution in [0.4, 0.5) is 5.69 Å². The van der Waals surface area contributed by atoms with E-state index in [1.54, 1.807) is 12.1 Å². The maximum absolute atomic E-state index is 12.6. The highest BCUT2D eigenvalue weighted by Gasteiger charge is 2.23. The van der Waals surface area contributed by atoms with E-state index in [1.165, 1.54) is 17.2 Å². The van der Waals surface area contributed by atoms with Gasteiger partial charge < -0.3 is 15.0 Å². The highest BCUT2D eigenvalue weighted by molar-refractivity contribution is 5.96. The van der Waals surface area contributed by atoms with Gasteiger partial charge in [0, 0.05) is 17.9 Å². The molecule has 29 heavy (non-hydrogen) atoms. The average molecular weight is 397 g/mol. The highest BCUT2D eigenvalue weighted by Crippen LogP contribution is 2.18. The number of anilines is 1. The number of carbonyl (C=O) groups excluding carboxylic acids is 3. The molecule has 2 amide bonds. The molecule has 2 rings (SSSR count). The van der Waals surface area contributed by atoms with Gasteiger partial charge in [-0.1, -0.05) is 25.1 Å². The van der Waals surface area contributed by atoms with E-state index < -0.39 is 18.5 Å². The fraction of sp³-hybridized carbons (Fsp3) is 0.364. The summed E-state index contributed by atoms with van der Waals surface area (Å²) < 4.78 is 5.08. The number of amides is 2. The summed E-state index contributed by atoms with van der Waals surface area (Å²) in [5.74, 6) is -1.41. The molecule has 154 valence electrons. The summed E-state index contributed by atoms with van der Waals surface area (Å²) in [5.41, 5.74) is 2.89. The van der Waals surface area contributed by atoms with Gasteiger partial charge in [0.2, 0.25) is 5.91 Å². The Hall–Kier alpha value is -3.22. The molecular formula is C22H27N3O4. The van der Waals surface area contributed by atoms with Crippen LogP contribution in [0.3, 0.4) is 0 Å². The molecule has 0 saturated heterocycles. The van der Waals surface area contributed by atoms with Crippen LogP contribution in [0.2, 0.25) is 0 Å². The third-order valence-corrected chi connectivity index (χ3v) is 4.84. The van der Waals surface area contributed by atoms with E-state index in [1.807, 2.05) is 45.9 Å². The van der Waals surface area contributed by atoms with Crippen molar-refractivity contribution in [1.29, 1.82) is 0 Å². The summed E-state index contributed by atoms with van der Waals surface area (Å²) in [6.07, 6.45) is 2.14. The first-order valence-corrected chi connectivity index (χ1v) is 9.57. The standard InChI is InChI=1S/C22H27N3O4/c1-5-16(3)25(13-20(26)24-18-11-8-9-15(2)17(18)4)21(27)14-29-22(28)19-10-6-7-12-23-19/h6-12,16H,5,13-14H2,1-4H3,(H,24,26)/t16-/m1/s1. The summed E-state index contributed by atoms with van der Waals surface area (Å²) in [6.45, 7) is 7.10. The summed E-state index contributed by atoms with van der Waals surface area (Å²) >= 11 is 0. The highest BCUT2D eigenvalue weighted by atomic mass is 16.5. The number of benzene rings is 1. The number of pyridine rings is 1. The van der Waals surface area contributed by atoms with E-state index in [2.05, 4.69) is 10.3 Å². The lowest BCUT2D eigenvalue weighted by atomic mass is 10.1. The van der Waals surface area contributed by atoms with E-state index in [0.717, 1.165) is 11.1 Å². The van der Waals surface area contributed by atoms with E-state index in [0.29, 0.717) is 12.1 Å². The topological polar surface area (TPSA) is 88.6 Å². The van der Waals surface area contributed by atoms with Crippen molar-refractivity contribution in [2.45, 2.75) is 40.2 Å². The Bertz CT molecular complexity index is 868. The molecule has 1 N–H and O–H groups in total. The normalized spacial score (nSPS) is 11.4. The predicted molar refractivity (Wildman–Crippen MR) is 111 cm³/mol. The second-order valence-electron chi connectivity index (χ2n) is 6.87. The third kappa shape index (κ3) is 6.14. The van der Waals surface area contributed by atoms with Gasteiger partial charge in [-0.25, -0.2) is 9.78 Å². The lowest BCUT2D eigenvalue weighted by Crippen LogP contribution is -2.45. The number of ether oxygens (including phenoxy) is 1. The molecule has 1 heterocycles. The molecule has 0 aliphatic rings. The quantitative estimate of drug-likeness (QED) is 0.692. The largest absolute Gasteiger partial charge is 0.451 e.